The van der Waals surface area contributed by atoms with Gasteiger partial charge in [-0.15, -0.1) is 0 Å². The van der Waals surface area contributed by atoms with Crippen molar-refractivity contribution in [2.75, 3.05) is 19.6 Å². The average Bonchev–Trinajstić information content (AvgIpc) is 2.79. The number of benzene rings is 2. The van der Waals surface area contributed by atoms with Crippen molar-refractivity contribution in [1.82, 2.24) is 10.2 Å². The highest BCUT2D eigenvalue weighted by atomic mass is 19.1. The molecule has 1 heterocycles. The van der Waals surface area contributed by atoms with E-state index in [0.29, 0.717) is 18.5 Å². The molecule has 1 aliphatic rings. The standard InChI is InChI=1S/C26H30F2N2O4/c1-26(2,3)34-25(32)30-13-10-19(11-14-30)21-16-22(27)20(15-23(21)28)9-12-29-24(31)33-17-18-7-5-4-6-8-18/h4-8,10,15-16H,9,11-14,17H2,1-3H3,(H,29,31). The quantitative estimate of drug-likeness (QED) is 0.607. The number of nitrogens with one attached hydrogen (secondary N) is 1. The van der Waals surface area contributed by atoms with E-state index in [-0.39, 0.29) is 37.2 Å². The Balaban J connectivity index is 1.52. The Morgan fingerprint density at radius 3 is 2.47 bits per heavy atom. The van der Waals surface area contributed by atoms with Crippen LogP contribution < -0.4 is 5.32 Å². The van der Waals surface area contributed by atoms with Crippen LogP contribution in [0.1, 0.15) is 43.9 Å². The number of amides is 2. The van der Waals surface area contributed by atoms with Gasteiger partial charge in [0.2, 0.25) is 0 Å². The predicted octanol–water partition coefficient (Wildman–Crippen LogP) is 5.46. The number of ether oxygens (including phenoxy) is 2. The molecule has 0 aromatic heterocycles. The average molecular weight is 473 g/mol. The van der Waals surface area contributed by atoms with Gasteiger partial charge in [0.1, 0.15) is 23.8 Å². The lowest BCUT2D eigenvalue weighted by Gasteiger charge is -2.29. The van der Waals surface area contributed by atoms with Gasteiger partial charge in [0.05, 0.1) is 0 Å². The molecule has 0 fully saturated rings. The minimum Gasteiger partial charge on any atom is -0.445 e. The zero-order valence-electron chi connectivity index (χ0n) is 19.7. The summed E-state index contributed by atoms with van der Waals surface area (Å²) in [7, 11) is 0. The Morgan fingerprint density at radius 2 is 1.82 bits per heavy atom. The predicted molar refractivity (Wildman–Crippen MR) is 125 cm³/mol. The maximum Gasteiger partial charge on any atom is 0.410 e. The Labute approximate surface area is 198 Å². The number of hydrogen-bond donors (Lipinski definition) is 1. The molecule has 0 saturated heterocycles. The van der Waals surface area contributed by atoms with Crippen LogP contribution in [0.5, 0.6) is 0 Å². The third-order valence-corrected chi connectivity index (χ3v) is 5.22. The summed E-state index contributed by atoms with van der Waals surface area (Å²) in [5, 5.41) is 2.55. The maximum atomic E-state index is 14.8. The normalized spacial score (nSPS) is 13.8. The summed E-state index contributed by atoms with van der Waals surface area (Å²) in [4.78, 5) is 25.5. The Hall–Kier alpha value is -3.42. The number of rotatable bonds is 6. The Kier molecular flexibility index (Phi) is 8.26. The summed E-state index contributed by atoms with van der Waals surface area (Å²) >= 11 is 0. The molecule has 0 bridgehead atoms. The van der Waals surface area contributed by atoms with Crippen molar-refractivity contribution < 1.29 is 27.8 Å². The van der Waals surface area contributed by atoms with Crippen LogP contribution in [-0.4, -0.2) is 42.3 Å². The summed E-state index contributed by atoms with van der Waals surface area (Å²) < 4.78 is 39.9. The van der Waals surface area contributed by atoms with Crippen LogP contribution in [0.15, 0.2) is 48.5 Å². The molecule has 0 atom stereocenters. The van der Waals surface area contributed by atoms with E-state index < -0.39 is 29.4 Å². The zero-order valence-corrected chi connectivity index (χ0v) is 19.7. The summed E-state index contributed by atoms with van der Waals surface area (Å²) in [6.45, 7) is 6.24. The summed E-state index contributed by atoms with van der Waals surface area (Å²) in [6, 6.07) is 11.6. The third-order valence-electron chi connectivity index (χ3n) is 5.22. The summed E-state index contributed by atoms with van der Waals surface area (Å²) in [6.07, 6.45) is 1.18. The number of nitrogens with zero attached hydrogens (tertiary/aromatic N) is 1. The number of hydrogen-bond acceptors (Lipinski definition) is 4. The number of alkyl carbamates (subject to hydrolysis) is 1. The van der Waals surface area contributed by atoms with Gasteiger partial charge in [-0.3, -0.25) is 0 Å². The molecule has 2 aromatic rings. The molecule has 1 N–H and O–H groups in total. The van der Waals surface area contributed by atoms with Gasteiger partial charge >= 0.3 is 12.2 Å². The first-order chi connectivity index (χ1) is 16.1. The number of carbonyl (C=O) groups excluding carboxylic acids is 2. The van der Waals surface area contributed by atoms with E-state index in [0.717, 1.165) is 11.6 Å². The van der Waals surface area contributed by atoms with Crippen LogP contribution in [0.3, 0.4) is 0 Å². The smallest absolute Gasteiger partial charge is 0.410 e. The molecule has 34 heavy (non-hydrogen) atoms. The highest BCUT2D eigenvalue weighted by Gasteiger charge is 2.25. The molecule has 0 aliphatic carbocycles. The molecule has 1 aliphatic heterocycles. The van der Waals surface area contributed by atoms with E-state index in [1.54, 1.807) is 26.8 Å². The van der Waals surface area contributed by atoms with E-state index in [4.69, 9.17) is 9.47 Å². The van der Waals surface area contributed by atoms with Crippen molar-refractivity contribution in [3.8, 4) is 0 Å². The van der Waals surface area contributed by atoms with Crippen molar-refractivity contribution in [3.63, 3.8) is 0 Å². The van der Waals surface area contributed by atoms with Gasteiger partial charge in [0, 0.05) is 25.2 Å². The molecule has 6 nitrogen and oxygen atoms in total. The van der Waals surface area contributed by atoms with Gasteiger partial charge in [-0.25, -0.2) is 18.4 Å². The molecule has 2 aromatic carbocycles. The topological polar surface area (TPSA) is 67.9 Å². The first-order valence-electron chi connectivity index (χ1n) is 11.2. The van der Waals surface area contributed by atoms with Crippen LogP contribution in [0, 0.1) is 11.6 Å². The van der Waals surface area contributed by atoms with Crippen LogP contribution in [0.25, 0.3) is 5.57 Å². The minimum atomic E-state index is -0.622. The number of halogens is 2. The van der Waals surface area contributed by atoms with Crippen LogP contribution in [-0.2, 0) is 22.5 Å². The van der Waals surface area contributed by atoms with Gasteiger partial charge in [-0.1, -0.05) is 36.4 Å². The molecule has 0 unspecified atom stereocenters. The molecule has 2 amide bonds. The first-order valence-corrected chi connectivity index (χ1v) is 11.2. The lowest BCUT2D eigenvalue weighted by atomic mass is 9.97. The van der Waals surface area contributed by atoms with Crippen LogP contribution in [0.2, 0.25) is 0 Å². The second kappa shape index (κ2) is 11.1. The van der Waals surface area contributed by atoms with Crippen molar-refractivity contribution in [2.45, 2.75) is 45.8 Å². The molecule has 0 radical (unpaired) electrons. The molecular formula is C26H30F2N2O4. The van der Waals surface area contributed by atoms with Gasteiger partial charge in [-0.05, 0) is 62.4 Å². The monoisotopic (exact) mass is 472 g/mol. The first kappa shape index (κ1) is 25.2. The molecule has 0 spiro atoms. The highest BCUT2D eigenvalue weighted by molar-refractivity contribution is 5.73. The molecule has 0 saturated carbocycles. The van der Waals surface area contributed by atoms with E-state index in [1.807, 2.05) is 30.3 Å². The fraction of sp³-hybridized carbons (Fsp3) is 0.385. The van der Waals surface area contributed by atoms with E-state index in [9.17, 15) is 18.4 Å². The minimum absolute atomic E-state index is 0.108. The van der Waals surface area contributed by atoms with Crippen molar-refractivity contribution >= 4 is 17.8 Å². The Bertz CT molecular complexity index is 1050. The van der Waals surface area contributed by atoms with Crippen molar-refractivity contribution in [1.29, 1.82) is 0 Å². The third kappa shape index (κ3) is 7.30. The van der Waals surface area contributed by atoms with E-state index >= 15 is 0 Å². The van der Waals surface area contributed by atoms with E-state index in [1.165, 1.54) is 11.0 Å². The lowest BCUT2D eigenvalue weighted by molar-refractivity contribution is 0.0270. The molecular weight excluding hydrogens is 442 g/mol. The molecule has 182 valence electrons. The summed E-state index contributed by atoms with van der Waals surface area (Å²) in [5.41, 5.74) is 1.24. The Morgan fingerprint density at radius 1 is 1.09 bits per heavy atom. The number of carbonyl (C=O) groups is 2. The van der Waals surface area contributed by atoms with Crippen molar-refractivity contribution in [2.24, 2.45) is 0 Å². The molecule has 8 heteroatoms. The lowest BCUT2D eigenvalue weighted by Crippen LogP contribution is -2.39. The fourth-order valence-corrected chi connectivity index (χ4v) is 3.51. The van der Waals surface area contributed by atoms with E-state index in [2.05, 4.69) is 5.32 Å². The highest BCUT2D eigenvalue weighted by Crippen LogP contribution is 2.27. The van der Waals surface area contributed by atoms with Crippen molar-refractivity contribution in [3.05, 3.63) is 76.9 Å². The van der Waals surface area contributed by atoms with Gasteiger partial charge in [0.15, 0.2) is 0 Å². The zero-order chi connectivity index (χ0) is 24.7. The SMILES string of the molecule is CC(C)(C)OC(=O)N1CC=C(c2cc(F)c(CCNC(=O)OCc3ccccc3)cc2F)CC1. The van der Waals surface area contributed by atoms with Crippen LogP contribution in [0.4, 0.5) is 18.4 Å². The van der Waals surface area contributed by atoms with Crippen LogP contribution >= 0.6 is 0 Å². The van der Waals surface area contributed by atoms with Gasteiger partial charge < -0.3 is 19.7 Å². The van der Waals surface area contributed by atoms with Gasteiger partial charge in [0.25, 0.3) is 0 Å². The molecule has 3 rings (SSSR count). The summed E-state index contributed by atoms with van der Waals surface area (Å²) in [5.74, 6) is -1.09. The second-order valence-electron chi connectivity index (χ2n) is 9.07. The largest absolute Gasteiger partial charge is 0.445 e. The van der Waals surface area contributed by atoms with Gasteiger partial charge in [-0.2, -0.15) is 0 Å². The second-order valence-corrected chi connectivity index (χ2v) is 9.07. The maximum absolute atomic E-state index is 14.8. The fourth-order valence-electron chi connectivity index (χ4n) is 3.51.